The molecular weight excluding hydrogens is 492 g/mol. The number of carboxylic acid groups (broad SMARTS) is 1. The number of ether oxygens (including phenoxy) is 1. The predicted octanol–water partition coefficient (Wildman–Crippen LogP) is -3.67. The van der Waals surface area contributed by atoms with Crippen LogP contribution in [0.1, 0.15) is 32.1 Å². The van der Waals surface area contributed by atoms with Crippen LogP contribution in [0.5, 0.6) is 0 Å². The van der Waals surface area contributed by atoms with Crippen molar-refractivity contribution in [3.05, 3.63) is 0 Å². The molecule has 1 aliphatic carbocycles. The molecule has 0 aromatic heterocycles. The van der Waals surface area contributed by atoms with Gasteiger partial charge in [-0.05, 0) is 25.7 Å². The molecule has 2 heterocycles. The summed E-state index contributed by atoms with van der Waals surface area (Å²) in [5, 5.41) is 19.3. The van der Waals surface area contributed by atoms with E-state index in [1.165, 1.54) is 12.0 Å². The van der Waals surface area contributed by atoms with Crippen LogP contribution in [0, 0.1) is 5.92 Å². The van der Waals surface area contributed by atoms with E-state index in [0.717, 1.165) is 0 Å². The number of carbonyl (C=O) groups excluding carboxylic acids is 5. The second-order valence-corrected chi connectivity index (χ2v) is 9.17. The molecule has 37 heavy (non-hydrogen) atoms. The Labute approximate surface area is 211 Å². The van der Waals surface area contributed by atoms with E-state index in [9.17, 15) is 33.9 Å². The lowest BCUT2D eigenvalue weighted by molar-refractivity contribution is -0.141. The van der Waals surface area contributed by atoms with Gasteiger partial charge in [0.2, 0.25) is 23.6 Å². The van der Waals surface area contributed by atoms with Crippen molar-refractivity contribution in [1.29, 1.82) is 0 Å². The Morgan fingerprint density at radius 3 is 2.51 bits per heavy atom. The number of guanidine groups is 1. The zero-order valence-corrected chi connectivity index (χ0v) is 20.3. The van der Waals surface area contributed by atoms with Gasteiger partial charge in [-0.3, -0.25) is 33.9 Å². The van der Waals surface area contributed by atoms with Gasteiger partial charge in [-0.2, -0.15) is 0 Å². The fourth-order valence-corrected chi connectivity index (χ4v) is 4.91. The maximum Gasteiger partial charge on any atom is 0.410 e. The van der Waals surface area contributed by atoms with Gasteiger partial charge in [0.1, 0.15) is 17.6 Å². The Morgan fingerprint density at radius 2 is 1.86 bits per heavy atom. The number of nitrogens with two attached hydrogens (primary N) is 2. The van der Waals surface area contributed by atoms with E-state index in [4.69, 9.17) is 16.2 Å². The largest absolute Gasteiger partial charge is 0.481 e. The van der Waals surface area contributed by atoms with Gasteiger partial charge in [-0.15, -0.1) is 0 Å². The van der Waals surface area contributed by atoms with Gasteiger partial charge in [-0.1, -0.05) is 0 Å². The molecule has 0 radical (unpaired) electrons. The van der Waals surface area contributed by atoms with Crippen LogP contribution in [-0.2, 0) is 28.7 Å². The summed E-state index contributed by atoms with van der Waals surface area (Å²) in [5.74, 6) is -4.77. The Kier molecular flexibility index (Phi) is 8.39. The smallest absolute Gasteiger partial charge is 0.410 e. The molecular formula is C21H32N8O8. The minimum atomic E-state index is -1.40. The molecule has 0 aromatic rings. The van der Waals surface area contributed by atoms with Crippen molar-refractivity contribution in [2.24, 2.45) is 22.4 Å². The third-order valence-corrected chi connectivity index (χ3v) is 6.75. The Balaban J connectivity index is 1.91. The molecule has 0 aromatic carbocycles. The molecule has 5 atom stereocenters. The van der Waals surface area contributed by atoms with E-state index in [2.05, 4.69) is 26.3 Å². The van der Waals surface area contributed by atoms with Gasteiger partial charge < -0.3 is 42.6 Å². The molecule has 3 aliphatic rings. The van der Waals surface area contributed by atoms with Crippen LogP contribution in [0.3, 0.4) is 0 Å². The summed E-state index contributed by atoms with van der Waals surface area (Å²) in [5.41, 5.74) is 9.29. The van der Waals surface area contributed by atoms with Gasteiger partial charge >= 0.3 is 12.1 Å². The van der Waals surface area contributed by atoms with Crippen LogP contribution in [0.25, 0.3) is 0 Å². The van der Waals surface area contributed by atoms with E-state index >= 15 is 0 Å². The minimum Gasteiger partial charge on any atom is -0.481 e. The number of rotatable bonds is 6. The van der Waals surface area contributed by atoms with Crippen molar-refractivity contribution >= 4 is 41.7 Å². The average Bonchev–Trinajstić information content (AvgIpc) is 3.60. The first-order valence-corrected chi connectivity index (χ1v) is 11.8. The van der Waals surface area contributed by atoms with Gasteiger partial charge in [0, 0.05) is 25.0 Å². The number of methoxy groups -OCH3 is 1. The molecule has 16 nitrogen and oxygen atoms in total. The third-order valence-electron chi connectivity index (χ3n) is 6.75. The standard InChI is InChI=1S/C21H32N8O8/c1-37-20(36)29-6-4-11-10-8-21(10,29)18(35)28-12(3-2-5-24-19(22)23)16(33)25-9-14(30)26-13(7-15(31)32)17(34)27-11/h10-13H,2-9H2,1H3,(H,25,33)(H,26,30)(H,27,34)(H,28,35)(H,31,32)(H4,22,23,24)/t10-,11+,12-,13-,21-/m0/s1. The minimum absolute atomic E-state index is 0.0683. The van der Waals surface area contributed by atoms with Gasteiger partial charge in [0.05, 0.1) is 20.1 Å². The molecule has 0 spiro atoms. The summed E-state index contributed by atoms with van der Waals surface area (Å²) in [6.07, 6.45) is -0.506. The number of nitrogens with zero attached hydrogens (tertiary/aromatic N) is 2. The Morgan fingerprint density at radius 1 is 1.14 bits per heavy atom. The first kappa shape index (κ1) is 27.5. The molecule has 1 saturated carbocycles. The first-order valence-electron chi connectivity index (χ1n) is 11.8. The maximum absolute atomic E-state index is 13.6. The van der Waals surface area contributed by atoms with Crippen LogP contribution in [-0.4, -0.2) is 102 Å². The third kappa shape index (κ3) is 6.18. The zero-order chi connectivity index (χ0) is 27.3. The fourth-order valence-electron chi connectivity index (χ4n) is 4.91. The second kappa shape index (κ2) is 11.3. The first-order chi connectivity index (χ1) is 17.5. The molecule has 0 unspecified atom stereocenters. The normalized spacial score (nSPS) is 29.8. The highest BCUT2D eigenvalue weighted by atomic mass is 16.5. The number of amides is 5. The topological polar surface area (TPSA) is 248 Å². The van der Waals surface area contributed by atoms with Crippen LogP contribution in [0.2, 0.25) is 0 Å². The van der Waals surface area contributed by atoms with Crippen LogP contribution in [0.4, 0.5) is 4.79 Å². The summed E-state index contributed by atoms with van der Waals surface area (Å²) >= 11 is 0. The van der Waals surface area contributed by atoms with Crippen molar-refractivity contribution in [3.8, 4) is 0 Å². The highest BCUT2D eigenvalue weighted by molar-refractivity contribution is 5.99. The lowest BCUT2D eigenvalue weighted by Crippen LogP contribution is -2.63. The quantitative estimate of drug-likeness (QED) is 0.102. The highest BCUT2D eigenvalue weighted by Gasteiger charge is 2.70. The maximum atomic E-state index is 13.6. The fraction of sp³-hybridized carbons (Fsp3) is 0.667. The number of hydrogen-bond acceptors (Lipinski definition) is 8. The van der Waals surface area contributed by atoms with Crippen LogP contribution >= 0.6 is 0 Å². The summed E-state index contributed by atoms with van der Waals surface area (Å²) in [6.45, 7) is -0.303. The number of hydrogen-bond donors (Lipinski definition) is 7. The molecule has 2 aliphatic heterocycles. The number of piperidine rings is 1. The number of carboxylic acids is 1. The molecule has 3 rings (SSSR count). The zero-order valence-electron chi connectivity index (χ0n) is 20.3. The SMILES string of the molecule is COC(=O)N1CC[C@H]2NC(=O)[C@H](CC(=O)O)NC(=O)CNC(=O)[C@H](CCCN=C(N)N)NC(=O)[C@@]13C[C@@H]23. The second-order valence-electron chi connectivity index (χ2n) is 9.17. The van der Waals surface area contributed by atoms with Crippen molar-refractivity contribution in [3.63, 3.8) is 0 Å². The molecule has 9 N–H and O–H groups in total. The summed E-state index contributed by atoms with van der Waals surface area (Å²) < 4.78 is 4.86. The molecule has 2 saturated heterocycles. The predicted molar refractivity (Wildman–Crippen MR) is 126 cm³/mol. The number of aliphatic imine (C=N–C) groups is 1. The van der Waals surface area contributed by atoms with Crippen molar-refractivity contribution in [2.75, 3.05) is 26.7 Å². The molecule has 5 amide bonds. The van der Waals surface area contributed by atoms with E-state index in [0.29, 0.717) is 6.42 Å². The lowest BCUT2D eigenvalue weighted by Gasteiger charge is -2.38. The lowest BCUT2D eigenvalue weighted by atomic mass is 9.95. The van der Waals surface area contributed by atoms with Gasteiger partial charge in [0.15, 0.2) is 5.96 Å². The van der Waals surface area contributed by atoms with Crippen LogP contribution < -0.4 is 32.7 Å². The van der Waals surface area contributed by atoms with Gasteiger partial charge in [0.25, 0.3) is 0 Å². The molecule has 204 valence electrons. The van der Waals surface area contributed by atoms with E-state index in [-0.39, 0.29) is 38.3 Å². The molecule has 3 fully saturated rings. The van der Waals surface area contributed by atoms with Crippen LogP contribution in [0.15, 0.2) is 4.99 Å². The van der Waals surface area contributed by atoms with Gasteiger partial charge in [-0.25, -0.2) is 4.79 Å². The summed E-state index contributed by atoms with van der Waals surface area (Å²) in [7, 11) is 1.18. The molecule has 16 heteroatoms. The number of aliphatic carboxylic acids is 1. The van der Waals surface area contributed by atoms with Crippen molar-refractivity contribution in [2.45, 2.75) is 55.8 Å². The summed E-state index contributed by atoms with van der Waals surface area (Å²) in [4.78, 5) is 80.7. The Hall–Kier alpha value is -4.11. The van der Waals surface area contributed by atoms with Crippen molar-refractivity contribution in [1.82, 2.24) is 26.2 Å². The monoisotopic (exact) mass is 524 g/mol. The molecule has 2 bridgehead atoms. The van der Waals surface area contributed by atoms with E-state index < -0.39 is 78.2 Å². The summed E-state index contributed by atoms with van der Waals surface area (Å²) in [6, 6.07) is -3.07. The number of carbonyl (C=O) groups is 6. The Bertz CT molecular complexity index is 999. The highest BCUT2D eigenvalue weighted by Crippen LogP contribution is 2.54. The average molecular weight is 525 g/mol. The van der Waals surface area contributed by atoms with E-state index in [1.54, 1.807) is 0 Å². The van der Waals surface area contributed by atoms with E-state index in [1.807, 2.05) is 0 Å². The number of likely N-dealkylation sites (tertiary alicyclic amines) is 1. The number of nitrogens with one attached hydrogen (secondary N) is 4. The van der Waals surface area contributed by atoms with Crippen molar-refractivity contribution < 1.29 is 38.6 Å².